The summed E-state index contributed by atoms with van der Waals surface area (Å²) in [5.41, 5.74) is 9.40. The Kier molecular flexibility index (Phi) is 7.24. The van der Waals surface area contributed by atoms with E-state index in [1.807, 2.05) is 18.2 Å². The van der Waals surface area contributed by atoms with Crippen molar-refractivity contribution in [2.45, 2.75) is 32.6 Å². The number of benzene rings is 1. The standard InChI is InChI=1S/C26H29N5O4/c1-15(2)7-8-28-25(33)23-20(9-16(11-29-23)24(27)32)17-10-21-19(5-4-6-22(21)35-14-17)18-12-30-26(34-3)31-13-18/h4-6,9,11-13,15,17H,7-8,10,14H2,1-3H3,(H2,27,32)(H,28,33)/t17-/m1/s1. The van der Waals surface area contributed by atoms with Crippen LogP contribution in [0.2, 0.25) is 0 Å². The Balaban J connectivity index is 1.68. The van der Waals surface area contributed by atoms with Crippen molar-refractivity contribution >= 4 is 11.8 Å². The number of hydrogen-bond donors (Lipinski definition) is 2. The van der Waals surface area contributed by atoms with Gasteiger partial charge in [-0.2, -0.15) is 0 Å². The SMILES string of the molecule is COc1ncc(-c2cccc3c2C[C@@H](c2cc(C(N)=O)cnc2C(=O)NCCC(C)C)CO3)cn1. The first kappa shape index (κ1) is 24.1. The Hall–Kier alpha value is -4.01. The molecule has 1 aliphatic heterocycles. The smallest absolute Gasteiger partial charge is 0.316 e. The number of fused-ring (bicyclic) bond motifs is 1. The number of carbonyl (C=O) groups excluding carboxylic acids is 2. The summed E-state index contributed by atoms with van der Waals surface area (Å²) < 4.78 is 11.2. The van der Waals surface area contributed by atoms with Crippen LogP contribution in [0.1, 0.15) is 58.2 Å². The minimum atomic E-state index is -0.598. The Bertz CT molecular complexity index is 1230. The third-order valence-electron chi connectivity index (χ3n) is 6.01. The summed E-state index contributed by atoms with van der Waals surface area (Å²) in [7, 11) is 1.52. The predicted octanol–water partition coefficient (Wildman–Crippen LogP) is 3.14. The zero-order valence-corrected chi connectivity index (χ0v) is 20.1. The molecule has 35 heavy (non-hydrogen) atoms. The zero-order chi connectivity index (χ0) is 24.9. The van der Waals surface area contributed by atoms with E-state index in [2.05, 4.69) is 34.1 Å². The lowest BCUT2D eigenvalue weighted by Gasteiger charge is -2.28. The molecule has 4 rings (SSSR count). The van der Waals surface area contributed by atoms with E-state index in [-0.39, 0.29) is 29.1 Å². The van der Waals surface area contributed by atoms with Gasteiger partial charge in [-0.1, -0.05) is 26.0 Å². The second kappa shape index (κ2) is 10.5. The van der Waals surface area contributed by atoms with Crippen LogP contribution in [0.25, 0.3) is 11.1 Å². The Morgan fingerprint density at radius 2 is 1.97 bits per heavy atom. The van der Waals surface area contributed by atoms with E-state index in [1.54, 1.807) is 18.5 Å². The van der Waals surface area contributed by atoms with E-state index in [0.717, 1.165) is 28.9 Å². The first-order valence-electron chi connectivity index (χ1n) is 11.6. The van der Waals surface area contributed by atoms with Gasteiger partial charge in [-0.3, -0.25) is 9.59 Å². The van der Waals surface area contributed by atoms with Crippen LogP contribution in [0.3, 0.4) is 0 Å². The average Bonchev–Trinajstić information content (AvgIpc) is 2.87. The van der Waals surface area contributed by atoms with Gasteiger partial charge in [-0.25, -0.2) is 15.0 Å². The Morgan fingerprint density at radius 3 is 2.66 bits per heavy atom. The third kappa shape index (κ3) is 5.40. The van der Waals surface area contributed by atoms with E-state index in [1.165, 1.54) is 13.3 Å². The fourth-order valence-electron chi connectivity index (χ4n) is 4.11. The lowest BCUT2D eigenvalue weighted by molar-refractivity contribution is 0.0941. The van der Waals surface area contributed by atoms with Gasteiger partial charge in [-0.15, -0.1) is 0 Å². The summed E-state index contributed by atoms with van der Waals surface area (Å²) in [6.45, 7) is 5.08. The first-order valence-corrected chi connectivity index (χ1v) is 11.6. The summed E-state index contributed by atoms with van der Waals surface area (Å²) in [6.07, 6.45) is 6.18. The van der Waals surface area contributed by atoms with Crippen LogP contribution in [-0.4, -0.2) is 47.0 Å². The molecule has 0 radical (unpaired) electrons. The molecule has 0 unspecified atom stereocenters. The largest absolute Gasteiger partial charge is 0.493 e. The topological polar surface area (TPSA) is 129 Å². The number of nitrogens with zero attached hydrogens (tertiary/aromatic N) is 3. The van der Waals surface area contributed by atoms with Gasteiger partial charge < -0.3 is 20.5 Å². The molecule has 3 heterocycles. The summed E-state index contributed by atoms with van der Waals surface area (Å²) in [4.78, 5) is 37.7. The molecule has 0 saturated heterocycles. The number of nitrogens with two attached hydrogens (primary N) is 1. The van der Waals surface area contributed by atoms with Crippen LogP contribution in [0.15, 0.2) is 42.9 Å². The maximum atomic E-state index is 13.0. The summed E-state index contributed by atoms with van der Waals surface area (Å²) in [5.74, 6) is 0.138. The zero-order valence-electron chi connectivity index (χ0n) is 20.1. The molecule has 2 aromatic heterocycles. The minimum Gasteiger partial charge on any atom is -0.493 e. The molecular weight excluding hydrogens is 446 g/mol. The first-order chi connectivity index (χ1) is 16.9. The lowest BCUT2D eigenvalue weighted by Crippen LogP contribution is -2.30. The number of carbonyl (C=O) groups is 2. The monoisotopic (exact) mass is 475 g/mol. The number of hydrogen-bond acceptors (Lipinski definition) is 7. The van der Waals surface area contributed by atoms with E-state index in [4.69, 9.17) is 15.2 Å². The van der Waals surface area contributed by atoms with E-state index >= 15 is 0 Å². The van der Waals surface area contributed by atoms with E-state index < -0.39 is 5.91 Å². The van der Waals surface area contributed by atoms with Crippen LogP contribution in [-0.2, 0) is 6.42 Å². The Labute approximate surface area is 204 Å². The van der Waals surface area contributed by atoms with Gasteiger partial charge in [0.15, 0.2) is 0 Å². The molecule has 9 heteroatoms. The minimum absolute atomic E-state index is 0.208. The molecule has 0 aliphatic carbocycles. The van der Waals surface area contributed by atoms with Gasteiger partial charge in [0.05, 0.1) is 19.3 Å². The van der Waals surface area contributed by atoms with Gasteiger partial charge in [0.25, 0.3) is 5.91 Å². The summed E-state index contributed by atoms with van der Waals surface area (Å²) in [6, 6.07) is 7.76. The van der Waals surface area contributed by atoms with Gasteiger partial charge >= 0.3 is 6.01 Å². The second-order valence-electron chi connectivity index (χ2n) is 8.92. The molecule has 3 N–H and O–H groups in total. The van der Waals surface area contributed by atoms with Crippen LogP contribution in [0.5, 0.6) is 11.8 Å². The maximum absolute atomic E-state index is 13.0. The van der Waals surface area contributed by atoms with Gasteiger partial charge in [0.2, 0.25) is 5.91 Å². The van der Waals surface area contributed by atoms with E-state index in [0.29, 0.717) is 31.1 Å². The van der Waals surface area contributed by atoms with Crippen molar-refractivity contribution in [1.82, 2.24) is 20.3 Å². The lowest BCUT2D eigenvalue weighted by atomic mass is 9.85. The number of aromatic nitrogens is 3. The number of pyridine rings is 1. The molecule has 0 fully saturated rings. The molecule has 9 nitrogen and oxygen atoms in total. The fourth-order valence-corrected chi connectivity index (χ4v) is 4.11. The Morgan fingerprint density at radius 1 is 1.20 bits per heavy atom. The highest BCUT2D eigenvalue weighted by atomic mass is 16.5. The van der Waals surface area contributed by atoms with Crippen molar-refractivity contribution in [3.63, 3.8) is 0 Å². The summed E-state index contributed by atoms with van der Waals surface area (Å²) in [5, 5.41) is 2.94. The highest BCUT2D eigenvalue weighted by Crippen LogP contribution is 2.39. The number of amides is 2. The van der Waals surface area contributed by atoms with Crippen LogP contribution in [0, 0.1) is 5.92 Å². The molecule has 0 bridgehead atoms. The van der Waals surface area contributed by atoms with Crippen LogP contribution < -0.4 is 20.5 Å². The molecule has 2 amide bonds. The van der Waals surface area contributed by atoms with Crippen molar-refractivity contribution in [2.75, 3.05) is 20.3 Å². The molecule has 1 atom stereocenters. The normalized spacial score (nSPS) is 14.7. The molecule has 1 aromatic carbocycles. The molecule has 0 spiro atoms. The molecule has 0 saturated carbocycles. The summed E-state index contributed by atoms with van der Waals surface area (Å²) >= 11 is 0. The van der Waals surface area contributed by atoms with Gasteiger partial charge in [0, 0.05) is 42.2 Å². The quantitative estimate of drug-likeness (QED) is 0.512. The third-order valence-corrected chi connectivity index (χ3v) is 6.01. The molecule has 3 aromatic rings. The van der Waals surface area contributed by atoms with Gasteiger partial charge in [-0.05, 0) is 42.0 Å². The van der Waals surface area contributed by atoms with Crippen molar-refractivity contribution in [3.8, 4) is 22.9 Å². The number of primary amides is 1. The molecular formula is C26H29N5O4. The number of ether oxygens (including phenoxy) is 2. The number of rotatable bonds is 8. The van der Waals surface area contributed by atoms with Gasteiger partial charge in [0.1, 0.15) is 11.4 Å². The average molecular weight is 476 g/mol. The number of nitrogens with one attached hydrogen (secondary N) is 1. The fraction of sp³-hybridized carbons (Fsp3) is 0.346. The molecule has 1 aliphatic rings. The van der Waals surface area contributed by atoms with Crippen molar-refractivity contribution in [1.29, 1.82) is 0 Å². The highest BCUT2D eigenvalue weighted by Gasteiger charge is 2.29. The van der Waals surface area contributed by atoms with Crippen molar-refractivity contribution < 1.29 is 19.1 Å². The second-order valence-corrected chi connectivity index (χ2v) is 8.92. The maximum Gasteiger partial charge on any atom is 0.316 e. The number of methoxy groups -OCH3 is 1. The van der Waals surface area contributed by atoms with Crippen molar-refractivity contribution in [3.05, 3.63) is 65.2 Å². The van der Waals surface area contributed by atoms with E-state index in [9.17, 15) is 9.59 Å². The van der Waals surface area contributed by atoms with Crippen LogP contribution in [0.4, 0.5) is 0 Å². The highest BCUT2D eigenvalue weighted by molar-refractivity contribution is 5.97. The predicted molar refractivity (Wildman–Crippen MR) is 131 cm³/mol. The van der Waals surface area contributed by atoms with Crippen molar-refractivity contribution in [2.24, 2.45) is 11.7 Å². The molecule has 182 valence electrons. The van der Waals surface area contributed by atoms with Crippen LogP contribution >= 0.6 is 0 Å².